The molecule has 0 fully saturated rings. The average Bonchev–Trinajstić information content (AvgIpc) is 2.57. The van der Waals surface area contributed by atoms with Gasteiger partial charge >= 0.3 is 0 Å². The summed E-state index contributed by atoms with van der Waals surface area (Å²) in [4.78, 5) is 18.4. The number of hydrogen-bond donors (Lipinski definition) is 4. The van der Waals surface area contributed by atoms with Crippen LogP contribution in [0.3, 0.4) is 0 Å². The summed E-state index contributed by atoms with van der Waals surface area (Å²) in [6, 6.07) is 0. The third kappa shape index (κ3) is 15.2. The van der Waals surface area contributed by atoms with Crippen molar-refractivity contribution in [3.8, 4) is 0 Å². The van der Waals surface area contributed by atoms with Crippen LogP contribution >= 0.6 is 0 Å². The fraction of sp³-hybridized carbons (Fsp3) is 0.941. The van der Waals surface area contributed by atoms with E-state index in [1.165, 1.54) is 0 Å². The highest BCUT2D eigenvalue weighted by Crippen LogP contribution is 1.99. The highest BCUT2D eigenvalue weighted by molar-refractivity contribution is 5.77. The maximum atomic E-state index is 11.8. The van der Waals surface area contributed by atoms with Gasteiger partial charge in [-0.25, -0.2) is 0 Å². The van der Waals surface area contributed by atoms with E-state index in [-0.39, 0.29) is 5.91 Å². The van der Waals surface area contributed by atoms with E-state index in [1.54, 1.807) is 0 Å². The van der Waals surface area contributed by atoms with E-state index in [1.807, 2.05) is 19.0 Å². The number of nitrogens with zero attached hydrogens (tertiary/aromatic N) is 3. The average molecular weight is 360 g/mol. The zero-order valence-corrected chi connectivity index (χ0v) is 16.4. The molecular formula is C17H41N7O. The summed E-state index contributed by atoms with van der Waals surface area (Å²) in [7, 11) is 3.78. The third-order valence-electron chi connectivity index (χ3n) is 3.94. The molecule has 1 amide bonds. The Kier molecular flexibility index (Phi) is 16.2. The first-order valence-electron chi connectivity index (χ1n) is 9.49. The Labute approximate surface area is 154 Å². The Morgan fingerprint density at radius 1 is 0.760 bits per heavy atom. The molecule has 0 aliphatic rings. The fourth-order valence-corrected chi connectivity index (χ4v) is 2.61. The predicted octanol–water partition coefficient (Wildman–Crippen LogP) is -1.34. The molecule has 0 radical (unpaired) electrons. The molecule has 8 heteroatoms. The SMILES string of the molecule is CN(C)CC(=O)NCN(CCCN)CCCN(CCCN)CCCN. The minimum atomic E-state index is 0.0512. The van der Waals surface area contributed by atoms with Crippen molar-refractivity contribution < 1.29 is 4.79 Å². The van der Waals surface area contributed by atoms with Crippen molar-refractivity contribution in [1.82, 2.24) is 20.0 Å². The lowest BCUT2D eigenvalue weighted by Crippen LogP contribution is -2.43. The molecule has 150 valence electrons. The second kappa shape index (κ2) is 16.7. The topological polar surface area (TPSA) is 117 Å². The van der Waals surface area contributed by atoms with Gasteiger partial charge in [-0.1, -0.05) is 0 Å². The van der Waals surface area contributed by atoms with E-state index in [9.17, 15) is 4.79 Å². The minimum Gasteiger partial charge on any atom is -0.342 e. The Bertz CT molecular complexity index is 307. The lowest BCUT2D eigenvalue weighted by atomic mass is 10.2. The van der Waals surface area contributed by atoms with Crippen molar-refractivity contribution in [3.63, 3.8) is 0 Å². The maximum absolute atomic E-state index is 11.8. The fourth-order valence-electron chi connectivity index (χ4n) is 2.61. The van der Waals surface area contributed by atoms with Crippen LogP contribution < -0.4 is 22.5 Å². The van der Waals surface area contributed by atoms with Crippen LogP contribution in [0.2, 0.25) is 0 Å². The first-order chi connectivity index (χ1) is 12.0. The summed E-state index contributed by atoms with van der Waals surface area (Å²) in [6.07, 6.45) is 4.03. The van der Waals surface area contributed by atoms with E-state index in [2.05, 4.69) is 15.1 Å². The summed E-state index contributed by atoms with van der Waals surface area (Å²) in [5, 5.41) is 2.99. The number of nitrogens with two attached hydrogens (primary N) is 3. The summed E-state index contributed by atoms with van der Waals surface area (Å²) in [6.45, 7) is 8.05. The summed E-state index contributed by atoms with van der Waals surface area (Å²) < 4.78 is 0. The Morgan fingerprint density at radius 2 is 1.20 bits per heavy atom. The van der Waals surface area contributed by atoms with E-state index in [4.69, 9.17) is 17.2 Å². The molecule has 0 rings (SSSR count). The minimum absolute atomic E-state index is 0.0512. The van der Waals surface area contributed by atoms with Gasteiger partial charge in [-0.05, 0) is 79.0 Å². The highest BCUT2D eigenvalue weighted by Gasteiger charge is 2.09. The molecule has 25 heavy (non-hydrogen) atoms. The van der Waals surface area contributed by atoms with Gasteiger partial charge in [0.25, 0.3) is 0 Å². The van der Waals surface area contributed by atoms with Crippen molar-refractivity contribution in [2.75, 3.05) is 79.7 Å². The van der Waals surface area contributed by atoms with Crippen molar-refractivity contribution in [3.05, 3.63) is 0 Å². The van der Waals surface area contributed by atoms with E-state index in [0.717, 1.165) is 71.5 Å². The zero-order chi connectivity index (χ0) is 18.9. The van der Waals surface area contributed by atoms with Gasteiger partial charge in [0.2, 0.25) is 5.91 Å². The quantitative estimate of drug-likeness (QED) is 0.238. The van der Waals surface area contributed by atoms with Crippen LogP contribution in [0, 0.1) is 0 Å². The maximum Gasteiger partial charge on any atom is 0.235 e. The van der Waals surface area contributed by atoms with Gasteiger partial charge < -0.3 is 32.3 Å². The molecule has 0 aromatic heterocycles. The van der Waals surface area contributed by atoms with Gasteiger partial charge in [0.05, 0.1) is 13.2 Å². The Balaban J connectivity index is 4.22. The largest absolute Gasteiger partial charge is 0.342 e. The lowest BCUT2D eigenvalue weighted by Gasteiger charge is -2.26. The van der Waals surface area contributed by atoms with Crippen LogP contribution in [-0.4, -0.2) is 100 Å². The van der Waals surface area contributed by atoms with Crippen molar-refractivity contribution >= 4 is 5.91 Å². The molecule has 0 aliphatic heterocycles. The molecular weight excluding hydrogens is 318 g/mol. The van der Waals surface area contributed by atoms with Gasteiger partial charge in [-0.2, -0.15) is 0 Å². The highest BCUT2D eigenvalue weighted by atomic mass is 16.2. The smallest absolute Gasteiger partial charge is 0.235 e. The monoisotopic (exact) mass is 359 g/mol. The second-order valence-corrected chi connectivity index (χ2v) is 6.74. The molecule has 0 aromatic carbocycles. The Hall–Kier alpha value is -0.770. The van der Waals surface area contributed by atoms with Crippen LogP contribution in [0.15, 0.2) is 0 Å². The van der Waals surface area contributed by atoms with Crippen LogP contribution in [0.5, 0.6) is 0 Å². The molecule has 0 heterocycles. The van der Waals surface area contributed by atoms with Crippen molar-refractivity contribution in [1.29, 1.82) is 0 Å². The van der Waals surface area contributed by atoms with Crippen LogP contribution in [-0.2, 0) is 4.79 Å². The van der Waals surface area contributed by atoms with Gasteiger partial charge in [0.15, 0.2) is 0 Å². The number of rotatable bonds is 17. The van der Waals surface area contributed by atoms with Gasteiger partial charge in [-0.15, -0.1) is 0 Å². The molecule has 0 atom stereocenters. The van der Waals surface area contributed by atoms with Crippen molar-refractivity contribution in [2.45, 2.75) is 25.7 Å². The van der Waals surface area contributed by atoms with Gasteiger partial charge in [0, 0.05) is 13.1 Å². The molecule has 0 unspecified atom stereocenters. The van der Waals surface area contributed by atoms with E-state index in [0.29, 0.717) is 19.8 Å². The zero-order valence-electron chi connectivity index (χ0n) is 16.4. The molecule has 0 aliphatic carbocycles. The molecule has 0 saturated heterocycles. The summed E-state index contributed by atoms with van der Waals surface area (Å²) in [5.41, 5.74) is 16.9. The normalized spacial score (nSPS) is 11.7. The standard InChI is InChI=1S/C17H41N7O/c1-22(2)15-17(25)21-16-24(12-5-9-20)14-6-13-23(10-3-7-18)11-4-8-19/h3-16,18-20H2,1-2H3,(H,21,25). The third-order valence-corrected chi connectivity index (χ3v) is 3.94. The molecule has 0 aromatic rings. The van der Waals surface area contributed by atoms with Crippen LogP contribution in [0.1, 0.15) is 25.7 Å². The van der Waals surface area contributed by atoms with Crippen LogP contribution in [0.4, 0.5) is 0 Å². The van der Waals surface area contributed by atoms with E-state index >= 15 is 0 Å². The Morgan fingerprint density at radius 3 is 1.68 bits per heavy atom. The molecule has 7 N–H and O–H groups in total. The molecule has 0 bridgehead atoms. The van der Waals surface area contributed by atoms with Crippen molar-refractivity contribution in [2.24, 2.45) is 17.2 Å². The van der Waals surface area contributed by atoms with E-state index < -0.39 is 0 Å². The molecule has 0 saturated carbocycles. The number of nitrogens with one attached hydrogen (secondary N) is 1. The lowest BCUT2D eigenvalue weighted by molar-refractivity contribution is -0.122. The first-order valence-corrected chi connectivity index (χ1v) is 9.49. The predicted molar refractivity (Wildman–Crippen MR) is 105 cm³/mol. The number of amides is 1. The van der Waals surface area contributed by atoms with Gasteiger partial charge in [-0.3, -0.25) is 9.69 Å². The second-order valence-electron chi connectivity index (χ2n) is 6.74. The van der Waals surface area contributed by atoms with Crippen LogP contribution in [0.25, 0.3) is 0 Å². The number of carbonyl (C=O) groups is 1. The number of carbonyl (C=O) groups excluding carboxylic acids is 1. The van der Waals surface area contributed by atoms with Gasteiger partial charge in [0.1, 0.15) is 0 Å². The molecule has 0 spiro atoms. The summed E-state index contributed by atoms with van der Waals surface area (Å²) >= 11 is 0. The summed E-state index contributed by atoms with van der Waals surface area (Å²) in [5.74, 6) is 0.0512. The molecule has 8 nitrogen and oxygen atoms in total. The number of likely N-dealkylation sites (N-methyl/N-ethyl adjacent to an activating group) is 1. The first kappa shape index (κ1) is 24.2. The number of hydrogen-bond acceptors (Lipinski definition) is 7.